The number of carbonyl (C=O) groups is 1. The van der Waals surface area contributed by atoms with Gasteiger partial charge in [-0.1, -0.05) is 6.58 Å². The lowest BCUT2D eigenvalue weighted by Gasteiger charge is -2.04. The van der Waals surface area contributed by atoms with Gasteiger partial charge in [-0.25, -0.2) is 0 Å². The van der Waals surface area contributed by atoms with Gasteiger partial charge in [-0.3, -0.25) is 4.79 Å². The van der Waals surface area contributed by atoms with E-state index >= 15 is 0 Å². The highest BCUT2D eigenvalue weighted by atomic mass is 32.2. The van der Waals surface area contributed by atoms with E-state index in [9.17, 15) is 4.79 Å². The Bertz CT molecular complexity index is 181. The van der Waals surface area contributed by atoms with E-state index < -0.39 is 0 Å². The first-order chi connectivity index (χ1) is 5.24. The van der Waals surface area contributed by atoms with E-state index in [1.54, 1.807) is 11.8 Å². The number of nitrogens with one attached hydrogen (secondary N) is 2. The van der Waals surface area contributed by atoms with Crippen LogP contribution in [0.2, 0.25) is 0 Å². The van der Waals surface area contributed by atoms with Crippen molar-refractivity contribution in [2.24, 2.45) is 0 Å². The van der Waals surface area contributed by atoms with Crippen molar-refractivity contribution in [3.63, 3.8) is 0 Å². The minimum atomic E-state index is -0.0602. The van der Waals surface area contributed by atoms with Crippen LogP contribution in [-0.4, -0.2) is 24.0 Å². The van der Waals surface area contributed by atoms with E-state index in [4.69, 9.17) is 0 Å². The summed E-state index contributed by atoms with van der Waals surface area (Å²) in [4.78, 5) is 11.0. The van der Waals surface area contributed by atoms with Crippen molar-refractivity contribution in [1.29, 1.82) is 0 Å². The van der Waals surface area contributed by atoms with Crippen molar-refractivity contribution in [1.82, 2.24) is 10.6 Å². The molecular weight excluding hydrogens is 160 g/mol. The minimum absolute atomic E-state index is 0.0454. The van der Waals surface area contributed by atoms with Crippen LogP contribution in [0, 0.1) is 0 Å². The highest BCUT2D eigenvalue weighted by Crippen LogP contribution is 2.06. The molecule has 1 fully saturated rings. The van der Waals surface area contributed by atoms with Crippen LogP contribution in [0.3, 0.4) is 0 Å². The molecule has 0 aliphatic carbocycles. The number of thioether (sulfide) groups is 1. The van der Waals surface area contributed by atoms with Gasteiger partial charge in [0.05, 0.1) is 5.82 Å². The van der Waals surface area contributed by atoms with Gasteiger partial charge in [0.1, 0.15) is 6.04 Å². The van der Waals surface area contributed by atoms with E-state index in [0.29, 0.717) is 5.82 Å². The fourth-order valence-electron chi connectivity index (χ4n) is 0.987. The van der Waals surface area contributed by atoms with E-state index in [-0.39, 0.29) is 11.9 Å². The highest BCUT2D eigenvalue weighted by molar-refractivity contribution is 7.98. The van der Waals surface area contributed by atoms with E-state index in [2.05, 4.69) is 17.2 Å². The molecule has 0 bridgehead atoms. The first-order valence-corrected chi connectivity index (χ1v) is 4.88. The molecule has 1 rings (SSSR count). The van der Waals surface area contributed by atoms with Crippen molar-refractivity contribution in [2.75, 3.05) is 12.0 Å². The lowest BCUT2D eigenvalue weighted by Crippen LogP contribution is -2.28. The Morgan fingerprint density at radius 1 is 1.73 bits per heavy atom. The standard InChI is InChI=1S/C7H12N2OS/c1-5-8-6(3-4-11-2)7(10)9-5/h6,8H,1,3-4H2,2H3,(H,9,10). The van der Waals surface area contributed by atoms with Gasteiger partial charge in [0.25, 0.3) is 0 Å². The minimum Gasteiger partial charge on any atom is -0.360 e. The van der Waals surface area contributed by atoms with Crippen LogP contribution in [0.25, 0.3) is 0 Å². The van der Waals surface area contributed by atoms with Gasteiger partial charge in [-0.2, -0.15) is 11.8 Å². The number of hydrogen-bond acceptors (Lipinski definition) is 3. The Balaban J connectivity index is 2.34. The van der Waals surface area contributed by atoms with Crippen molar-refractivity contribution >= 4 is 17.7 Å². The number of hydrogen-bond donors (Lipinski definition) is 2. The summed E-state index contributed by atoms with van der Waals surface area (Å²) < 4.78 is 0. The average molecular weight is 172 g/mol. The predicted octanol–water partition coefficient (Wildman–Crippen LogP) is 0.299. The molecule has 1 amide bonds. The van der Waals surface area contributed by atoms with Gasteiger partial charge in [0.15, 0.2) is 0 Å². The zero-order chi connectivity index (χ0) is 8.27. The summed E-state index contributed by atoms with van der Waals surface area (Å²) in [6.45, 7) is 3.61. The third-order valence-corrected chi connectivity index (χ3v) is 2.19. The summed E-state index contributed by atoms with van der Waals surface area (Å²) >= 11 is 1.74. The third kappa shape index (κ3) is 2.15. The summed E-state index contributed by atoms with van der Waals surface area (Å²) in [6, 6.07) is -0.0602. The zero-order valence-corrected chi connectivity index (χ0v) is 7.33. The molecule has 0 radical (unpaired) electrons. The van der Waals surface area contributed by atoms with Crippen LogP contribution in [0.1, 0.15) is 6.42 Å². The Kier molecular flexibility index (Phi) is 2.82. The molecule has 0 aromatic heterocycles. The van der Waals surface area contributed by atoms with Crippen LogP contribution in [0.5, 0.6) is 0 Å². The molecule has 1 heterocycles. The molecule has 4 heteroatoms. The topological polar surface area (TPSA) is 41.1 Å². The van der Waals surface area contributed by atoms with E-state index in [0.717, 1.165) is 12.2 Å². The van der Waals surface area contributed by atoms with Crippen LogP contribution in [0.15, 0.2) is 12.4 Å². The first-order valence-electron chi connectivity index (χ1n) is 3.49. The van der Waals surface area contributed by atoms with Crippen molar-refractivity contribution in [3.05, 3.63) is 12.4 Å². The lowest BCUT2D eigenvalue weighted by molar-refractivity contribution is -0.120. The molecule has 0 aromatic carbocycles. The monoisotopic (exact) mass is 172 g/mol. The number of rotatable bonds is 3. The van der Waals surface area contributed by atoms with Crippen molar-refractivity contribution in [2.45, 2.75) is 12.5 Å². The molecule has 0 spiro atoms. The fraction of sp³-hybridized carbons (Fsp3) is 0.571. The molecule has 1 saturated heterocycles. The van der Waals surface area contributed by atoms with E-state index in [1.165, 1.54) is 0 Å². The second-order valence-corrected chi connectivity index (χ2v) is 3.43. The second kappa shape index (κ2) is 3.67. The maximum Gasteiger partial charge on any atom is 0.248 e. The van der Waals surface area contributed by atoms with Gasteiger partial charge in [-0.05, 0) is 18.4 Å². The largest absolute Gasteiger partial charge is 0.360 e. The van der Waals surface area contributed by atoms with Crippen molar-refractivity contribution in [3.8, 4) is 0 Å². The van der Waals surface area contributed by atoms with Gasteiger partial charge in [0.2, 0.25) is 5.91 Å². The molecule has 1 atom stereocenters. The Labute approximate surface area is 70.6 Å². The molecule has 0 saturated carbocycles. The van der Waals surface area contributed by atoms with Gasteiger partial charge >= 0.3 is 0 Å². The maximum atomic E-state index is 11.0. The second-order valence-electron chi connectivity index (χ2n) is 2.45. The SMILES string of the molecule is C=C1NC(=O)C(CCSC)N1. The maximum absolute atomic E-state index is 11.0. The summed E-state index contributed by atoms with van der Waals surface area (Å²) in [7, 11) is 0. The van der Waals surface area contributed by atoms with E-state index in [1.807, 2.05) is 6.26 Å². The lowest BCUT2D eigenvalue weighted by atomic mass is 10.2. The Hall–Kier alpha value is -0.640. The van der Waals surface area contributed by atoms with Crippen LogP contribution in [-0.2, 0) is 4.79 Å². The predicted molar refractivity (Wildman–Crippen MR) is 47.2 cm³/mol. The van der Waals surface area contributed by atoms with Gasteiger partial charge < -0.3 is 10.6 Å². The molecule has 1 aliphatic heterocycles. The van der Waals surface area contributed by atoms with Gasteiger partial charge in [0, 0.05) is 0 Å². The molecule has 11 heavy (non-hydrogen) atoms. The summed E-state index contributed by atoms with van der Waals surface area (Å²) in [6.07, 6.45) is 2.90. The number of carbonyl (C=O) groups excluding carboxylic acids is 1. The normalized spacial score (nSPS) is 23.2. The van der Waals surface area contributed by atoms with Crippen LogP contribution >= 0.6 is 11.8 Å². The fourth-order valence-corrected chi connectivity index (χ4v) is 1.46. The summed E-state index contributed by atoms with van der Waals surface area (Å²) in [5.41, 5.74) is 0. The Morgan fingerprint density at radius 3 is 2.91 bits per heavy atom. The molecule has 2 N–H and O–H groups in total. The molecule has 0 aromatic rings. The van der Waals surface area contributed by atoms with Crippen molar-refractivity contribution < 1.29 is 4.79 Å². The van der Waals surface area contributed by atoms with Crippen LogP contribution < -0.4 is 10.6 Å². The molecule has 62 valence electrons. The third-order valence-electron chi connectivity index (χ3n) is 1.55. The summed E-state index contributed by atoms with van der Waals surface area (Å²) in [5.74, 6) is 1.67. The zero-order valence-electron chi connectivity index (χ0n) is 6.52. The molecular formula is C7H12N2OS. The van der Waals surface area contributed by atoms with Crippen LogP contribution in [0.4, 0.5) is 0 Å². The number of amides is 1. The quantitative estimate of drug-likeness (QED) is 0.643. The summed E-state index contributed by atoms with van der Waals surface area (Å²) in [5, 5.41) is 5.59. The highest BCUT2D eigenvalue weighted by Gasteiger charge is 2.24. The molecule has 1 unspecified atom stereocenters. The first kappa shape index (κ1) is 8.46. The molecule has 1 aliphatic rings. The average Bonchev–Trinajstić information content (AvgIpc) is 2.26. The van der Waals surface area contributed by atoms with Gasteiger partial charge in [-0.15, -0.1) is 0 Å². The Morgan fingerprint density at radius 2 is 2.45 bits per heavy atom. The molecule has 3 nitrogen and oxygen atoms in total. The smallest absolute Gasteiger partial charge is 0.248 e.